The molecule has 1 aromatic heterocycles. The first-order valence-electron chi connectivity index (χ1n) is 6.50. The molecule has 0 aliphatic heterocycles. The van der Waals surface area contributed by atoms with Crippen molar-refractivity contribution < 1.29 is 0 Å². The zero-order chi connectivity index (χ0) is 13.0. The van der Waals surface area contributed by atoms with Gasteiger partial charge in [-0.1, -0.05) is 37.3 Å². The summed E-state index contributed by atoms with van der Waals surface area (Å²) in [6.07, 6.45) is 4.09. The molecule has 0 bridgehead atoms. The van der Waals surface area contributed by atoms with Crippen molar-refractivity contribution in [3.63, 3.8) is 0 Å². The molecule has 3 nitrogen and oxygen atoms in total. The molecule has 1 aromatic carbocycles. The van der Waals surface area contributed by atoms with Gasteiger partial charge in [0, 0.05) is 30.3 Å². The lowest BCUT2D eigenvalue weighted by atomic mass is 9.90. The quantitative estimate of drug-likeness (QED) is 0.875. The first-order chi connectivity index (χ1) is 8.76. The standard InChI is InChI=1S/C15H21N3/c1-4-18-11-14(10-17-18)15(16-3)12(2)13-8-6-5-7-9-13/h5-12,15-16H,4H2,1-3H3. The topological polar surface area (TPSA) is 29.9 Å². The molecule has 0 fully saturated rings. The fraction of sp³-hybridized carbons (Fsp3) is 0.400. The Bertz CT molecular complexity index is 475. The SMILES string of the molecule is CCn1cc(C(NC)C(C)c2ccccc2)cn1. The highest BCUT2D eigenvalue weighted by molar-refractivity contribution is 5.24. The smallest absolute Gasteiger partial charge is 0.0537 e. The molecule has 18 heavy (non-hydrogen) atoms. The summed E-state index contributed by atoms with van der Waals surface area (Å²) in [5, 5.41) is 7.76. The molecule has 0 amide bonds. The predicted octanol–water partition coefficient (Wildman–Crippen LogP) is 2.97. The van der Waals surface area contributed by atoms with Crippen molar-refractivity contribution in [2.24, 2.45) is 0 Å². The Morgan fingerprint density at radius 1 is 1.22 bits per heavy atom. The molecule has 1 N–H and O–H groups in total. The fourth-order valence-corrected chi connectivity index (χ4v) is 2.37. The molecule has 2 aromatic rings. The molecule has 2 atom stereocenters. The highest BCUT2D eigenvalue weighted by Gasteiger charge is 2.20. The lowest BCUT2D eigenvalue weighted by Gasteiger charge is -2.23. The van der Waals surface area contributed by atoms with E-state index in [1.165, 1.54) is 11.1 Å². The number of likely N-dealkylation sites (N-methyl/N-ethyl adjacent to an activating group) is 1. The molecule has 2 rings (SSSR count). The summed E-state index contributed by atoms with van der Waals surface area (Å²) >= 11 is 0. The Morgan fingerprint density at radius 2 is 1.94 bits per heavy atom. The summed E-state index contributed by atoms with van der Waals surface area (Å²) in [4.78, 5) is 0. The van der Waals surface area contributed by atoms with Gasteiger partial charge in [-0.3, -0.25) is 4.68 Å². The number of aryl methyl sites for hydroxylation is 1. The van der Waals surface area contributed by atoms with Crippen molar-refractivity contribution in [1.29, 1.82) is 0 Å². The third-order valence-electron chi connectivity index (χ3n) is 3.47. The van der Waals surface area contributed by atoms with E-state index in [1.54, 1.807) is 0 Å². The van der Waals surface area contributed by atoms with E-state index in [9.17, 15) is 0 Å². The van der Waals surface area contributed by atoms with Gasteiger partial charge in [0.1, 0.15) is 0 Å². The third kappa shape index (κ3) is 2.62. The Hall–Kier alpha value is -1.61. The fourth-order valence-electron chi connectivity index (χ4n) is 2.37. The van der Waals surface area contributed by atoms with Crippen LogP contribution in [-0.4, -0.2) is 16.8 Å². The van der Waals surface area contributed by atoms with Gasteiger partial charge in [-0.2, -0.15) is 5.10 Å². The summed E-state index contributed by atoms with van der Waals surface area (Å²) < 4.78 is 1.97. The Labute approximate surface area is 109 Å². The maximum Gasteiger partial charge on any atom is 0.0537 e. The molecule has 0 radical (unpaired) electrons. The van der Waals surface area contributed by atoms with E-state index >= 15 is 0 Å². The summed E-state index contributed by atoms with van der Waals surface area (Å²) in [6.45, 7) is 5.27. The van der Waals surface area contributed by atoms with Crippen LogP contribution in [-0.2, 0) is 6.54 Å². The van der Waals surface area contributed by atoms with Gasteiger partial charge >= 0.3 is 0 Å². The Kier molecular flexibility index (Phi) is 4.15. The highest BCUT2D eigenvalue weighted by Crippen LogP contribution is 2.29. The van der Waals surface area contributed by atoms with Crippen LogP contribution < -0.4 is 5.32 Å². The molecular weight excluding hydrogens is 222 g/mol. The average molecular weight is 243 g/mol. The zero-order valence-corrected chi connectivity index (χ0v) is 11.3. The van der Waals surface area contributed by atoms with Crippen LogP contribution in [0.1, 0.15) is 36.9 Å². The second-order valence-electron chi connectivity index (χ2n) is 4.60. The molecule has 0 saturated carbocycles. The van der Waals surface area contributed by atoms with E-state index < -0.39 is 0 Å². The van der Waals surface area contributed by atoms with Crippen molar-refractivity contribution in [3.05, 3.63) is 53.9 Å². The minimum absolute atomic E-state index is 0.299. The van der Waals surface area contributed by atoms with E-state index in [4.69, 9.17) is 0 Å². The van der Waals surface area contributed by atoms with E-state index in [2.05, 4.69) is 60.8 Å². The molecule has 0 saturated heterocycles. The van der Waals surface area contributed by atoms with Crippen molar-refractivity contribution >= 4 is 0 Å². The van der Waals surface area contributed by atoms with Crippen LogP contribution >= 0.6 is 0 Å². The van der Waals surface area contributed by atoms with Gasteiger partial charge < -0.3 is 5.32 Å². The second-order valence-corrected chi connectivity index (χ2v) is 4.60. The van der Waals surface area contributed by atoms with Crippen molar-refractivity contribution in [2.75, 3.05) is 7.05 Å². The lowest BCUT2D eigenvalue weighted by molar-refractivity contribution is 0.507. The van der Waals surface area contributed by atoms with Crippen LogP contribution in [0, 0.1) is 0 Å². The van der Waals surface area contributed by atoms with Gasteiger partial charge in [0.2, 0.25) is 0 Å². The lowest BCUT2D eigenvalue weighted by Crippen LogP contribution is -2.21. The van der Waals surface area contributed by atoms with Crippen LogP contribution in [0.2, 0.25) is 0 Å². The number of benzene rings is 1. The summed E-state index contributed by atoms with van der Waals surface area (Å²) in [7, 11) is 2.01. The van der Waals surface area contributed by atoms with Crippen LogP contribution in [0.5, 0.6) is 0 Å². The van der Waals surface area contributed by atoms with Gasteiger partial charge in [0.15, 0.2) is 0 Å². The van der Waals surface area contributed by atoms with E-state index in [1.807, 2.05) is 17.9 Å². The first-order valence-corrected chi connectivity index (χ1v) is 6.50. The average Bonchev–Trinajstić information content (AvgIpc) is 2.89. The van der Waals surface area contributed by atoms with Gasteiger partial charge in [-0.25, -0.2) is 0 Å². The van der Waals surface area contributed by atoms with Crippen LogP contribution in [0.4, 0.5) is 0 Å². The monoisotopic (exact) mass is 243 g/mol. The Morgan fingerprint density at radius 3 is 2.50 bits per heavy atom. The largest absolute Gasteiger partial charge is 0.312 e. The molecule has 0 spiro atoms. The minimum atomic E-state index is 0.299. The zero-order valence-electron chi connectivity index (χ0n) is 11.3. The van der Waals surface area contributed by atoms with Crippen LogP contribution in [0.3, 0.4) is 0 Å². The number of nitrogens with zero attached hydrogens (tertiary/aromatic N) is 2. The minimum Gasteiger partial charge on any atom is -0.312 e. The number of aromatic nitrogens is 2. The van der Waals surface area contributed by atoms with E-state index in [0.717, 1.165) is 6.54 Å². The predicted molar refractivity (Wildman–Crippen MR) is 74.6 cm³/mol. The molecule has 0 aliphatic carbocycles. The molecule has 2 unspecified atom stereocenters. The third-order valence-corrected chi connectivity index (χ3v) is 3.47. The normalized spacial score (nSPS) is 14.4. The summed E-state index contributed by atoms with van der Waals surface area (Å²) in [6, 6.07) is 10.9. The molecular formula is C15H21N3. The molecule has 0 aliphatic rings. The molecule has 1 heterocycles. The van der Waals surface area contributed by atoms with Crippen LogP contribution in [0.25, 0.3) is 0 Å². The summed E-state index contributed by atoms with van der Waals surface area (Å²) in [5.74, 6) is 0.422. The van der Waals surface area contributed by atoms with Gasteiger partial charge in [0.05, 0.1) is 6.20 Å². The first kappa shape index (κ1) is 12.8. The Balaban J connectivity index is 2.23. The van der Waals surface area contributed by atoms with Crippen molar-refractivity contribution in [1.82, 2.24) is 15.1 Å². The van der Waals surface area contributed by atoms with Crippen LogP contribution in [0.15, 0.2) is 42.7 Å². The molecule has 3 heteroatoms. The van der Waals surface area contributed by atoms with Crippen molar-refractivity contribution in [3.8, 4) is 0 Å². The number of nitrogens with one attached hydrogen (secondary N) is 1. The van der Waals surface area contributed by atoms with Gasteiger partial charge in [0.25, 0.3) is 0 Å². The van der Waals surface area contributed by atoms with Gasteiger partial charge in [-0.15, -0.1) is 0 Å². The molecule has 96 valence electrons. The van der Waals surface area contributed by atoms with E-state index in [-0.39, 0.29) is 0 Å². The van der Waals surface area contributed by atoms with Gasteiger partial charge in [-0.05, 0) is 19.5 Å². The maximum atomic E-state index is 4.36. The van der Waals surface area contributed by atoms with E-state index in [0.29, 0.717) is 12.0 Å². The number of hydrogen-bond donors (Lipinski definition) is 1. The second kappa shape index (κ2) is 5.83. The highest BCUT2D eigenvalue weighted by atomic mass is 15.3. The maximum absolute atomic E-state index is 4.36. The number of rotatable bonds is 5. The summed E-state index contributed by atoms with van der Waals surface area (Å²) in [5.41, 5.74) is 2.59. The van der Waals surface area contributed by atoms with Crippen molar-refractivity contribution in [2.45, 2.75) is 32.4 Å². The number of hydrogen-bond acceptors (Lipinski definition) is 2.